The lowest BCUT2D eigenvalue weighted by atomic mass is 9.96. The Morgan fingerprint density at radius 3 is 2.40 bits per heavy atom. The first-order valence-electron chi connectivity index (χ1n) is 20.1. The molecule has 0 radical (unpaired) electrons. The fourth-order valence-electron chi connectivity index (χ4n) is 7.37. The van der Waals surface area contributed by atoms with Gasteiger partial charge in [-0.25, -0.2) is 29.1 Å². The van der Waals surface area contributed by atoms with E-state index in [9.17, 15) is 14.3 Å². The van der Waals surface area contributed by atoms with Crippen LogP contribution in [0.3, 0.4) is 0 Å². The van der Waals surface area contributed by atoms with Crippen LogP contribution in [0.15, 0.2) is 104 Å². The number of piperazine rings is 1. The van der Waals surface area contributed by atoms with Gasteiger partial charge in [-0.05, 0) is 78.7 Å². The van der Waals surface area contributed by atoms with E-state index >= 15 is 0 Å². The molecular formula is C47H45Cl2FN6O6S. The van der Waals surface area contributed by atoms with E-state index in [4.69, 9.17) is 35.5 Å². The molecule has 12 nitrogen and oxygen atoms in total. The van der Waals surface area contributed by atoms with Gasteiger partial charge in [0.1, 0.15) is 47.4 Å². The normalized spacial score (nSPS) is 13.6. The summed E-state index contributed by atoms with van der Waals surface area (Å²) in [6, 6.07) is 26.4. The second-order valence-corrected chi connectivity index (χ2v) is 16.2. The molecule has 8 rings (SSSR count). The van der Waals surface area contributed by atoms with Gasteiger partial charge in [-0.1, -0.05) is 60.1 Å². The summed E-state index contributed by atoms with van der Waals surface area (Å²) >= 11 is 8.42. The number of carboxylic acid groups (broad SMARTS) is 1. The Morgan fingerprint density at radius 2 is 1.63 bits per heavy atom. The van der Waals surface area contributed by atoms with E-state index in [0.717, 1.165) is 59.9 Å². The molecule has 1 aliphatic heterocycles. The Balaban J connectivity index is 0.00000595. The van der Waals surface area contributed by atoms with Crippen LogP contribution in [0, 0.1) is 12.7 Å². The molecule has 3 aromatic heterocycles. The highest BCUT2D eigenvalue weighted by atomic mass is 35.5. The van der Waals surface area contributed by atoms with Gasteiger partial charge in [-0.2, -0.15) is 0 Å². The van der Waals surface area contributed by atoms with Crippen LogP contribution < -0.4 is 18.9 Å². The summed E-state index contributed by atoms with van der Waals surface area (Å²) in [6.45, 7) is 7.26. The van der Waals surface area contributed by atoms with Crippen LogP contribution in [0.1, 0.15) is 16.8 Å². The van der Waals surface area contributed by atoms with Gasteiger partial charge in [0.15, 0.2) is 5.82 Å². The monoisotopic (exact) mass is 910 g/mol. The standard InChI is InChI=1S/C47H44ClFN6O6S.ClH/c1-29-34(16-17-38(42(29)48)59-25-24-55-22-20-54(2)21-23-55)40-41-45(51-28-52-46(41)62-43(40)30-12-14-32(49)15-13-30)61-39(47(56)57)26-31-8-4-6-10-36(31)60-27-33-18-19-50-44(53-33)35-9-5-7-11-37(35)58-3;/h4-19,28,39H,20-27H2,1-3H3,(H,56,57);1H. The maximum absolute atomic E-state index is 14.2. The molecule has 1 aliphatic rings. The molecule has 4 aromatic carbocycles. The van der Waals surface area contributed by atoms with E-state index in [-0.39, 0.29) is 37.1 Å². The number of aromatic nitrogens is 4. The van der Waals surface area contributed by atoms with Crippen molar-refractivity contribution in [1.82, 2.24) is 29.7 Å². The highest BCUT2D eigenvalue weighted by molar-refractivity contribution is 7.22. The number of thiophene rings is 1. The van der Waals surface area contributed by atoms with Crippen LogP contribution in [0.25, 0.3) is 43.2 Å². The maximum atomic E-state index is 14.2. The van der Waals surface area contributed by atoms with Crippen molar-refractivity contribution in [3.8, 4) is 56.1 Å². The summed E-state index contributed by atoms with van der Waals surface area (Å²) < 4.78 is 38.6. The molecule has 0 bridgehead atoms. The fraction of sp³-hybridized carbons (Fsp3) is 0.255. The van der Waals surface area contributed by atoms with Crippen molar-refractivity contribution in [3.63, 3.8) is 0 Å². The highest BCUT2D eigenvalue weighted by Crippen LogP contribution is 2.49. The lowest BCUT2D eigenvalue weighted by Gasteiger charge is -2.32. The average Bonchev–Trinajstić information content (AvgIpc) is 3.68. The number of ether oxygens (including phenoxy) is 4. The fourth-order valence-corrected chi connectivity index (χ4v) is 8.74. The Bertz CT molecular complexity index is 2700. The molecule has 4 heterocycles. The minimum Gasteiger partial charge on any atom is -0.496 e. The maximum Gasteiger partial charge on any atom is 0.345 e. The zero-order chi connectivity index (χ0) is 43.2. The largest absolute Gasteiger partial charge is 0.496 e. The summed E-state index contributed by atoms with van der Waals surface area (Å²) in [6.07, 6.45) is 1.57. The summed E-state index contributed by atoms with van der Waals surface area (Å²) in [5.74, 6) is 0.665. The molecule has 1 N–H and O–H groups in total. The van der Waals surface area contributed by atoms with E-state index in [1.54, 1.807) is 43.6 Å². The van der Waals surface area contributed by atoms with Crippen LogP contribution in [-0.2, 0) is 17.8 Å². The Labute approximate surface area is 379 Å². The minimum absolute atomic E-state index is 0. The number of carboxylic acids is 1. The van der Waals surface area contributed by atoms with Gasteiger partial charge in [-0.3, -0.25) is 4.90 Å². The zero-order valence-corrected chi connectivity index (χ0v) is 37.2. The summed E-state index contributed by atoms with van der Waals surface area (Å²) in [5, 5.41) is 11.6. The third-order valence-corrected chi connectivity index (χ3v) is 12.4. The predicted octanol–water partition coefficient (Wildman–Crippen LogP) is 9.29. The van der Waals surface area contributed by atoms with Crippen molar-refractivity contribution >= 4 is 51.5 Å². The number of nitrogens with zero attached hydrogens (tertiary/aromatic N) is 6. The molecule has 7 aromatic rings. The number of aliphatic carboxylic acids is 1. The molecule has 16 heteroatoms. The zero-order valence-electron chi connectivity index (χ0n) is 34.8. The van der Waals surface area contributed by atoms with Crippen LogP contribution in [0.5, 0.6) is 23.1 Å². The smallest absolute Gasteiger partial charge is 0.345 e. The number of benzene rings is 4. The highest BCUT2D eigenvalue weighted by Gasteiger charge is 2.28. The molecule has 1 saturated heterocycles. The first-order valence-corrected chi connectivity index (χ1v) is 21.3. The molecule has 1 atom stereocenters. The Morgan fingerprint density at radius 1 is 0.889 bits per heavy atom. The van der Waals surface area contributed by atoms with Gasteiger partial charge in [0, 0.05) is 55.8 Å². The number of fused-ring (bicyclic) bond motifs is 1. The van der Waals surface area contributed by atoms with Gasteiger partial charge < -0.3 is 29.0 Å². The number of carbonyl (C=O) groups is 1. The van der Waals surface area contributed by atoms with Crippen LogP contribution in [-0.4, -0.2) is 100 Å². The quantitative estimate of drug-likeness (QED) is 0.0992. The number of hydrogen-bond donors (Lipinski definition) is 1. The average molecular weight is 912 g/mol. The van der Waals surface area contributed by atoms with Gasteiger partial charge >= 0.3 is 5.97 Å². The number of para-hydroxylation sites is 2. The lowest BCUT2D eigenvalue weighted by Crippen LogP contribution is -2.45. The lowest BCUT2D eigenvalue weighted by molar-refractivity contribution is -0.145. The van der Waals surface area contributed by atoms with Gasteiger partial charge in [-0.15, -0.1) is 23.7 Å². The number of rotatable bonds is 16. The van der Waals surface area contributed by atoms with Crippen molar-refractivity contribution in [2.45, 2.75) is 26.1 Å². The minimum atomic E-state index is -1.38. The number of likely N-dealkylation sites (N-methyl/N-ethyl adjacent to an activating group) is 1. The van der Waals surface area contributed by atoms with Crippen molar-refractivity contribution < 1.29 is 33.2 Å². The summed E-state index contributed by atoms with van der Waals surface area (Å²) in [7, 11) is 3.72. The molecule has 1 fully saturated rings. The first kappa shape index (κ1) is 45.1. The van der Waals surface area contributed by atoms with Crippen molar-refractivity contribution in [1.29, 1.82) is 0 Å². The molecule has 0 aliphatic carbocycles. The first-order chi connectivity index (χ1) is 30.2. The van der Waals surface area contributed by atoms with E-state index in [1.807, 2.05) is 55.5 Å². The number of halogens is 3. The Hall–Kier alpha value is -5.90. The van der Waals surface area contributed by atoms with E-state index in [2.05, 4.69) is 31.8 Å². The second kappa shape index (κ2) is 20.5. The molecule has 1 unspecified atom stereocenters. The third kappa shape index (κ3) is 10.3. The number of hydrogen-bond acceptors (Lipinski definition) is 12. The summed E-state index contributed by atoms with van der Waals surface area (Å²) in [5.41, 5.74) is 4.86. The second-order valence-electron chi connectivity index (χ2n) is 14.8. The third-order valence-electron chi connectivity index (χ3n) is 10.8. The number of methoxy groups -OCH3 is 1. The molecule has 326 valence electrons. The molecule has 0 amide bonds. The Kier molecular flexibility index (Phi) is 14.7. The topological polar surface area (TPSA) is 132 Å². The molecule has 0 saturated carbocycles. The molecule has 63 heavy (non-hydrogen) atoms. The van der Waals surface area contributed by atoms with Gasteiger partial charge in [0.25, 0.3) is 0 Å². The predicted molar refractivity (Wildman–Crippen MR) is 245 cm³/mol. The van der Waals surface area contributed by atoms with E-state index in [0.29, 0.717) is 61.7 Å². The molecular weight excluding hydrogens is 867 g/mol. The van der Waals surface area contributed by atoms with Gasteiger partial charge in [0.2, 0.25) is 12.0 Å². The van der Waals surface area contributed by atoms with Crippen molar-refractivity contribution in [2.75, 3.05) is 53.5 Å². The van der Waals surface area contributed by atoms with Gasteiger partial charge in [0.05, 0.1) is 28.8 Å². The van der Waals surface area contributed by atoms with E-state index < -0.39 is 12.1 Å². The van der Waals surface area contributed by atoms with E-state index in [1.165, 1.54) is 29.8 Å². The molecule has 0 spiro atoms. The SMILES string of the molecule is COc1ccccc1-c1nccc(COc2ccccc2CC(Oc2ncnc3sc(-c4ccc(F)cc4)c(-c4ccc(OCCN5CCN(C)CC5)c(Cl)c4C)c23)C(=O)O)n1.Cl. The van der Waals surface area contributed by atoms with Crippen molar-refractivity contribution in [2.24, 2.45) is 0 Å². The van der Waals surface area contributed by atoms with Crippen LogP contribution in [0.2, 0.25) is 5.02 Å². The summed E-state index contributed by atoms with van der Waals surface area (Å²) in [4.78, 5) is 37.2. The van der Waals surface area contributed by atoms with Crippen LogP contribution >= 0.6 is 35.3 Å². The van der Waals surface area contributed by atoms with Crippen LogP contribution in [0.4, 0.5) is 4.39 Å². The van der Waals surface area contributed by atoms with Crippen molar-refractivity contribution in [3.05, 3.63) is 131 Å².